The molecule has 108 valence electrons. The van der Waals surface area contributed by atoms with E-state index in [1.165, 1.54) is 6.33 Å². The average Bonchev–Trinajstić information content (AvgIpc) is 2.92. The summed E-state index contributed by atoms with van der Waals surface area (Å²) >= 11 is 0. The van der Waals surface area contributed by atoms with Gasteiger partial charge in [0.2, 0.25) is 0 Å². The van der Waals surface area contributed by atoms with Crippen molar-refractivity contribution in [2.45, 2.75) is 19.9 Å². The minimum atomic E-state index is -3.00. The van der Waals surface area contributed by atoms with Crippen molar-refractivity contribution in [1.82, 2.24) is 14.8 Å². The number of nitrogens with one attached hydrogen (secondary N) is 1. The van der Waals surface area contributed by atoms with Gasteiger partial charge >= 0.3 is 0 Å². The van der Waals surface area contributed by atoms with Crippen LogP contribution in [0.5, 0.6) is 0 Å². The Hall–Kier alpha value is -1.89. The number of sulfone groups is 1. The third-order valence-electron chi connectivity index (χ3n) is 2.92. The van der Waals surface area contributed by atoms with Gasteiger partial charge in [-0.2, -0.15) is 5.10 Å². The zero-order valence-corrected chi connectivity index (χ0v) is 12.3. The van der Waals surface area contributed by atoms with E-state index in [1.807, 2.05) is 31.2 Å². The Morgan fingerprint density at radius 1 is 1.35 bits per heavy atom. The number of rotatable bonds is 6. The largest absolute Gasteiger partial charge is 0.380 e. The number of hydrogen-bond acceptors (Lipinski definition) is 5. The van der Waals surface area contributed by atoms with E-state index in [0.29, 0.717) is 0 Å². The molecule has 2 aromatic rings. The minimum Gasteiger partial charge on any atom is -0.380 e. The lowest BCUT2D eigenvalue weighted by Crippen LogP contribution is -2.27. The van der Waals surface area contributed by atoms with Crippen LogP contribution in [0.1, 0.15) is 13.8 Å². The molecule has 0 aliphatic carbocycles. The number of para-hydroxylation sites is 2. The van der Waals surface area contributed by atoms with Crippen LogP contribution in [0.3, 0.4) is 0 Å². The Morgan fingerprint density at radius 2 is 2.10 bits per heavy atom. The molecule has 0 amide bonds. The molecule has 0 radical (unpaired) electrons. The number of aromatic nitrogens is 3. The molecule has 0 fully saturated rings. The van der Waals surface area contributed by atoms with Crippen LogP contribution in [-0.4, -0.2) is 40.7 Å². The summed E-state index contributed by atoms with van der Waals surface area (Å²) in [6, 6.07) is 7.41. The molecular formula is C13H18N4O2S. The van der Waals surface area contributed by atoms with Gasteiger partial charge in [0.05, 0.1) is 17.1 Å². The predicted molar refractivity (Wildman–Crippen MR) is 78.8 cm³/mol. The Balaban J connectivity index is 2.18. The van der Waals surface area contributed by atoms with E-state index in [4.69, 9.17) is 0 Å². The Labute approximate surface area is 118 Å². The SMILES string of the molecule is CCS(=O)(=O)CC(C)Nc1ccccc1-n1cncn1. The van der Waals surface area contributed by atoms with Crippen LogP contribution in [0.2, 0.25) is 0 Å². The summed E-state index contributed by atoms with van der Waals surface area (Å²) in [5.41, 5.74) is 1.67. The number of anilines is 1. The van der Waals surface area contributed by atoms with E-state index in [9.17, 15) is 8.42 Å². The highest BCUT2D eigenvalue weighted by Crippen LogP contribution is 2.19. The first-order chi connectivity index (χ1) is 9.52. The molecule has 0 aliphatic rings. The average molecular weight is 294 g/mol. The summed E-state index contributed by atoms with van der Waals surface area (Å²) < 4.78 is 24.9. The molecule has 6 nitrogen and oxygen atoms in total. The highest BCUT2D eigenvalue weighted by Gasteiger charge is 2.15. The first kappa shape index (κ1) is 14.5. The maximum Gasteiger partial charge on any atom is 0.152 e. The lowest BCUT2D eigenvalue weighted by Gasteiger charge is -2.17. The minimum absolute atomic E-state index is 0.106. The molecule has 1 atom stereocenters. The van der Waals surface area contributed by atoms with Gasteiger partial charge < -0.3 is 5.32 Å². The maximum absolute atomic E-state index is 11.6. The molecule has 1 aromatic heterocycles. The molecule has 0 spiro atoms. The van der Waals surface area contributed by atoms with Crippen molar-refractivity contribution in [2.24, 2.45) is 0 Å². The molecular weight excluding hydrogens is 276 g/mol. The number of hydrogen-bond donors (Lipinski definition) is 1. The van der Waals surface area contributed by atoms with E-state index in [-0.39, 0.29) is 17.5 Å². The van der Waals surface area contributed by atoms with Crippen LogP contribution >= 0.6 is 0 Å². The van der Waals surface area contributed by atoms with Gasteiger partial charge in [-0.3, -0.25) is 0 Å². The number of nitrogens with zero attached hydrogens (tertiary/aromatic N) is 3. The molecule has 1 N–H and O–H groups in total. The van der Waals surface area contributed by atoms with E-state index in [2.05, 4.69) is 15.4 Å². The van der Waals surface area contributed by atoms with E-state index in [0.717, 1.165) is 11.4 Å². The van der Waals surface area contributed by atoms with Crippen molar-refractivity contribution in [2.75, 3.05) is 16.8 Å². The summed E-state index contributed by atoms with van der Waals surface area (Å²) in [6.07, 6.45) is 3.07. The molecule has 20 heavy (non-hydrogen) atoms. The number of benzene rings is 1. The van der Waals surface area contributed by atoms with Crippen molar-refractivity contribution in [3.05, 3.63) is 36.9 Å². The standard InChI is InChI=1S/C13H18N4O2S/c1-3-20(18,19)8-11(2)16-12-6-4-5-7-13(12)17-10-14-9-15-17/h4-7,9-11,16H,3,8H2,1-2H3. The molecule has 0 saturated carbocycles. The monoisotopic (exact) mass is 294 g/mol. The van der Waals surface area contributed by atoms with E-state index in [1.54, 1.807) is 17.9 Å². The van der Waals surface area contributed by atoms with Gasteiger partial charge in [0, 0.05) is 11.8 Å². The lowest BCUT2D eigenvalue weighted by atomic mass is 10.2. The second kappa shape index (κ2) is 6.04. The van der Waals surface area contributed by atoms with Crippen molar-refractivity contribution >= 4 is 15.5 Å². The van der Waals surface area contributed by atoms with Gasteiger partial charge in [0.1, 0.15) is 12.7 Å². The summed E-state index contributed by atoms with van der Waals surface area (Å²) in [7, 11) is -3.00. The van der Waals surface area contributed by atoms with Crippen molar-refractivity contribution in [3.8, 4) is 5.69 Å². The van der Waals surface area contributed by atoms with E-state index < -0.39 is 9.84 Å². The Morgan fingerprint density at radius 3 is 2.75 bits per heavy atom. The molecule has 0 saturated heterocycles. The third-order valence-corrected chi connectivity index (χ3v) is 4.80. The first-order valence-corrected chi connectivity index (χ1v) is 8.25. The Kier molecular flexibility index (Phi) is 4.39. The fourth-order valence-electron chi connectivity index (χ4n) is 1.93. The summed E-state index contributed by atoms with van der Waals surface area (Å²) in [5, 5.41) is 7.31. The van der Waals surface area contributed by atoms with Crippen LogP contribution in [0.25, 0.3) is 5.69 Å². The van der Waals surface area contributed by atoms with Gasteiger partial charge in [-0.1, -0.05) is 19.1 Å². The van der Waals surface area contributed by atoms with Crippen LogP contribution in [0.15, 0.2) is 36.9 Å². The van der Waals surface area contributed by atoms with Gasteiger partial charge in [-0.15, -0.1) is 0 Å². The summed E-state index contributed by atoms with van der Waals surface area (Å²) in [5.74, 6) is 0.263. The quantitative estimate of drug-likeness (QED) is 0.873. The second-order valence-corrected chi connectivity index (χ2v) is 7.00. The topological polar surface area (TPSA) is 76.9 Å². The van der Waals surface area contributed by atoms with Crippen LogP contribution in [0, 0.1) is 0 Å². The molecule has 7 heteroatoms. The first-order valence-electron chi connectivity index (χ1n) is 6.43. The molecule has 1 unspecified atom stereocenters. The zero-order valence-electron chi connectivity index (χ0n) is 11.5. The molecule has 2 rings (SSSR count). The second-order valence-electron chi connectivity index (χ2n) is 4.60. The normalized spacial score (nSPS) is 13.1. The van der Waals surface area contributed by atoms with Gasteiger partial charge in [0.15, 0.2) is 9.84 Å². The van der Waals surface area contributed by atoms with Crippen molar-refractivity contribution in [3.63, 3.8) is 0 Å². The van der Waals surface area contributed by atoms with Crippen LogP contribution in [0.4, 0.5) is 5.69 Å². The third kappa shape index (κ3) is 3.57. The van der Waals surface area contributed by atoms with Crippen molar-refractivity contribution < 1.29 is 8.42 Å². The molecule has 1 aromatic carbocycles. The van der Waals surface area contributed by atoms with Gasteiger partial charge in [-0.25, -0.2) is 18.1 Å². The molecule has 1 heterocycles. The maximum atomic E-state index is 11.6. The smallest absolute Gasteiger partial charge is 0.152 e. The van der Waals surface area contributed by atoms with Crippen molar-refractivity contribution in [1.29, 1.82) is 0 Å². The lowest BCUT2D eigenvalue weighted by molar-refractivity contribution is 0.593. The van der Waals surface area contributed by atoms with Gasteiger partial charge in [0.25, 0.3) is 0 Å². The molecule has 0 bridgehead atoms. The van der Waals surface area contributed by atoms with Gasteiger partial charge in [-0.05, 0) is 19.1 Å². The van der Waals surface area contributed by atoms with E-state index >= 15 is 0 Å². The highest BCUT2D eigenvalue weighted by molar-refractivity contribution is 7.91. The highest BCUT2D eigenvalue weighted by atomic mass is 32.2. The fraction of sp³-hybridized carbons (Fsp3) is 0.385. The predicted octanol–water partition coefficient (Wildman–Crippen LogP) is 1.50. The summed E-state index contributed by atoms with van der Waals surface area (Å²) in [6.45, 7) is 3.51. The van der Waals surface area contributed by atoms with Crippen LogP contribution in [-0.2, 0) is 9.84 Å². The van der Waals surface area contributed by atoms with Crippen LogP contribution < -0.4 is 5.32 Å². The fourth-order valence-corrected chi connectivity index (χ4v) is 3.01. The Bertz CT molecular complexity index is 653. The zero-order chi connectivity index (χ0) is 14.6. The summed E-state index contributed by atoms with van der Waals surface area (Å²) in [4.78, 5) is 3.92. The molecule has 0 aliphatic heterocycles.